The van der Waals surface area contributed by atoms with Crippen molar-refractivity contribution < 1.29 is 14.6 Å². The van der Waals surface area contributed by atoms with Crippen LogP contribution in [-0.4, -0.2) is 30.8 Å². The van der Waals surface area contributed by atoms with Gasteiger partial charge in [0.05, 0.1) is 5.56 Å². The van der Waals surface area contributed by atoms with Crippen LogP contribution < -0.4 is 5.32 Å². The average molecular weight is 316 g/mol. The van der Waals surface area contributed by atoms with E-state index in [2.05, 4.69) is 28.2 Å². The molecule has 0 bridgehead atoms. The van der Waals surface area contributed by atoms with Crippen LogP contribution in [0.15, 0.2) is 22.7 Å². The van der Waals surface area contributed by atoms with Crippen LogP contribution in [0.5, 0.6) is 0 Å². The lowest BCUT2D eigenvalue weighted by Crippen LogP contribution is -2.06. The first-order valence-corrected chi connectivity index (χ1v) is 6.79. The SMILES string of the molecule is CCCOCCCNc1ccc(C(=O)O)c(Br)c1. The Morgan fingerprint density at radius 3 is 2.83 bits per heavy atom. The van der Waals surface area contributed by atoms with Gasteiger partial charge in [0.2, 0.25) is 0 Å². The molecule has 2 N–H and O–H groups in total. The number of hydrogen-bond acceptors (Lipinski definition) is 3. The van der Waals surface area contributed by atoms with Crippen molar-refractivity contribution in [3.63, 3.8) is 0 Å². The molecule has 0 atom stereocenters. The summed E-state index contributed by atoms with van der Waals surface area (Å²) in [7, 11) is 0. The highest BCUT2D eigenvalue weighted by Crippen LogP contribution is 2.21. The smallest absolute Gasteiger partial charge is 0.336 e. The lowest BCUT2D eigenvalue weighted by molar-refractivity contribution is 0.0696. The number of halogens is 1. The Kier molecular flexibility index (Phi) is 6.75. The number of ether oxygens (including phenoxy) is 1. The summed E-state index contributed by atoms with van der Waals surface area (Å²) in [5, 5.41) is 12.1. The molecule has 0 saturated heterocycles. The van der Waals surface area contributed by atoms with Crippen LogP contribution in [0.2, 0.25) is 0 Å². The summed E-state index contributed by atoms with van der Waals surface area (Å²) in [6, 6.07) is 5.12. The third-order valence-electron chi connectivity index (χ3n) is 2.34. The lowest BCUT2D eigenvalue weighted by Gasteiger charge is -2.08. The summed E-state index contributed by atoms with van der Waals surface area (Å²) >= 11 is 3.25. The van der Waals surface area contributed by atoms with Gasteiger partial charge in [-0.15, -0.1) is 0 Å². The minimum atomic E-state index is -0.929. The zero-order chi connectivity index (χ0) is 13.4. The Hall–Kier alpha value is -1.07. The topological polar surface area (TPSA) is 58.6 Å². The number of aromatic carboxylic acids is 1. The van der Waals surface area contributed by atoms with Crippen LogP contribution in [0.25, 0.3) is 0 Å². The molecule has 0 radical (unpaired) electrons. The van der Waals surface area contributed by atoms with Crippen LogP contribution in [0.3, 0.4) is 0 Å². The molecule has 0 heterocycles. The number of anilines is 1. The Labute approximate surface area is 115 Å². The van der Waals surface area contributed by atoms with Crippen molar-refractivity contribution in [1.29, 1.82) is 0 Å². The van der Waals surface area contributed by atoms with E-state index < -0.39 is 5.97 Å². The van der Waals surface area contributed by atoms with E-state index in [1.54, 1.807) is 18.2 Å². The zero-order valence-electron chi connectivity index (χ0n) is 10.4. The van der Waals surface area contributed by atoms with Gasteiger partial charge in [0, 0.05) is 29.9 Å². The van der Waals surface area contributed by atoms with E-state index in [-0.39, 0.29) is 5.56 Å². The highest BCUT2D eigenvalue weighted by molar-refractivity contribution is 9.10. The van der Waals surface area contributed by atoms with Gasteiger partial charge in [0.15, 0.2) is 0 Å². The highest BCUT2D eigenvalue weighted by Gasteiger charge is 2.07. The van der Waals surface area contributed by atoms with Crippen LogP contribution in [-0.2, 0) is 4.74 Å². The molecule has 5 heteroatoms. The van der Waals surface area contributed by atoms with Crippen molar-refractivity contribution in [1.82, 2.24) is 0 Å². The van der Waals surface area contributed by atoms with E-state index >= 15 is 0 Å². The van der Waals surface area contributed by atoms with Crippen molar-refractivity contribution in [3.8, 4) is 0 Å². The first kappa shape index (κ1) is 15.0. The molecule has 18 heavy (non-hydrogen) atoms. The van der Waals surface area contributed by atoms with Gasteiger partial charge in [0.1, 0.15) is 0 Å². The van der Waals surface area contributed by atoms with Gasteiger partial charge >= 0.3 is 5.97 Å². The van der Waals surface area contributed by atoms with Gasteiger partial charge in [-0.05, 0) is 47.0 Å². The molecule has 1 rings (SSSR count). The van der Waals surface area contributed by atoms with Gasteiger partial charge in [-0.1, -0.05) is 6.92 Å². The number of benzene rings is 1. The predicted molar refractivity (Wildman–Crippen MR) is 75.3 cm³/mol. The first-order chi connectivity index (χ1) is 8.65. The quantitative estimate of drug-likeness (QED) is 0.722. The summed E-state index contributed by atoms with van der Waals surface area (Å²) < 4.78 is 5.95. The zero-order valence-corrected chi connectivity index (χ0v) is 12.0. The summed E-state index contributed by atoms with van der Waals surface area (Å²) in [6.45, 7) is 4.44. The van der Waals surface area contributed by atoms with E-state index in [0.717, 1.165) is 38.3 Å². The third kappa shape index (κ3) is 5.06. The largest absolute Gasteiger partial charge is 0.478 e. The number of nitrogens with one attached hydrogen (secondary N) is 1. The van der Waals surface area contributed by atoms with Crippen molar-refractivity contribution in [2.45, 2.75) is 19.8 Å². The van der Waals surface area contributed by atoms with E-state index in [4.69, 9.17) is 9.84 Å². The number of rotatable bonds is 8. The van der Waals surface area contributed by atoms with E-state index in [1.807, 2.05) is 0 Å². The molecule has 100 valence electrons. The van der Waals surface area contributed by atoms with Crippen molar-refractivity contribution in [2.24, 2.45) is 0 Å². The van der Waals surface area contributed by atoms with Crippen molar-refractivity contribution >= 4 is 27.6 Å². The van der Waals surface area contributed by atoms with Crippen LogP contribution in [0.1, 0.15) is 30.1 Å². The Morgan fingerprint density at radius 2 is 2.22 bits per heavy atom. The molecule has 0 saturated carbocycles. The second-order valence-corrected chi connectivity index (χ2v) is 4.75. The average Bonchev–Trinajstić information content (AvgIpc) is 2.33. The minimum absolute atomic E-state index is 0.270. The number of carboxylic acid groups (broad SMARTS) is 1. The van der Waals surface area contributed by atoms with Gasteiger partial charge in [0.25, 0.3) is 0 Å². The molecule has 0 spiro atoms. The van der Waals surface area contributed by atoms with E-state index in [9.17, 15) is 4.79 Å². The maximum absolute atomic E-state index is 10.8. The fourth-order valence-electron chi connectivity index (χ4n) is 1.45. The second kappa shape index (κ2) is 8.11. The predicted octanol–water partition coefficient (Wildman–Crippen LogP) is 3.38. The molecule has 1 aromatic carbocycles. The summed E-state index contributed by atoms with van der Waals surface area (Å²) in [5.74, 6) is -0.929. The van der Waals surface area contributed by atoms with Crippen LogP contribution in [0.4, 0.5) is 5.69 Å². The van der Waals surface area contributed by atoms with Crippen molar-refractivity contribution in [2.75, 3.05) is 25.1 Å². The van der Waals surface area contributed by atoms with Gasteiger partial charge in [-0.25, -0.2) is 4.79 Å². The molecule has 0 aliphatic carbocycles. The maximum atomic E-state index is 10.8. The third-order valence-corrected chi connectivity index (χ3v) is 3.00. The molecule has 1 aromatic rings. The fourth-order valence-corrected chi connectivity index (χ4v) is 2.00. The molecule has 0 aliphatic rings. The molecule has 0 aliphatic heterocycles. The second-order valence-electron chi connectivity index (χ2n) is 3.89. The molecule has 0 aromatic heterocycles. The van der Waals surface area contributed by atoms with Crippen molar-refractivity contribution in [3.05, 3.63) is 28.2 Å². The molecular weight excluding hydrogens is 298 g/mol. The van der Waals surface area contributed by atoms with Gasteiger partial charge in [-0.3, -0.25) is 0 Å². The molecule has 0 unspecified atom stereocenters. The highest BCUT2D eigenvalue weighted by atomic mass is 79.9. The monoisotopic (exact) mass is 315 g/mol. The Morgan fingerprint density at radius 1 is 1.44 bits per heavy atom. The minimum Gasteiger partial charge on any atom is -0.478 e. The lowest BCUT2D eigenvalue weighted by atomic mass is 10.2. The molecule has 0 fully saturated rings. The Balaban J connectivity index is 2.35. The molecular formula is C13H18BrNO3. The number of hydrogen-bond donors (Lipinski definition) is 2. The van der Waals surface area contributed by atoms with Gasteiger partial charge in [-0.2, -0.15) is 0 Å². The summed E-state index contributed by atoms with van der Waals surface area (Å²) in [6.07, 6.45) is 1.97. The van der Waals surface area contributed by atoms with Crippen LogP contribution >= 0.6 is 15.9 Å². The number of carboxylic acids is 1. The first-order valence-electron chi connectivity index (χ1n) is 5.99. The molecule has 4 nitrogen and oxygen atoms in total. The normalized spacial score (nSPS) is 10.3. The summed E-state index contributed by atoms with van der Waals surface area (Å²) in [4.78, 5) is 10.8. The maximum Gasteiger partial charge on any atom is 0.336 e. The molecule has 0 amide bonds. The van der Waals surface area contributed by atoms with Gasteiger partial charge < -0.3 is 15.2 Å². The van der Waals surface area contributed by atoms with E-state index in [1.165, 1.54) is 0 Å². The van der Waals surface area contributed by atoms with E-state index in [0.29, 0.717) is 4.47 Å². The Bertz CT molecular complexity index is 396. The number of carbonyl (C=O) groups is 1. The fraction of sp³-hybridized carbons (Fsp3) is 0.462. The van der Waals surface area contributed by atoms with Crippen LogP contribution in [0, 0.1) is 0 Å². The summed E-state index contributed by atoms with van der Waals surface area (Å²) in [5.41, 5.74) is 1.18. The standard InChI is InChI=1S/C13H18BrNO3/c1-2-7-18-8-3-6-15-10-4-5-11(13(16)17)12(14)9-10/h4-5,9,15H,2-3,6-8H2,1H3,(H,16,17).